The van der Waals surface area contributed by atoms with Crippen molar-refractivity contribution >= 4 is 28.1 Å². The average Bonchev–Trinajstić information content (AvgIpc) is 3.29. The Kier molecular flexibility index (Phi) is 4.18. The third-order valence-electron chi connectivity index (χ3n) is 5.09. The van der Waals surface area contributed by atoms with Gasteiger partial charge >= 0.3 is 0 Å². The van der Waals surface area contributed by atoms with Crippen LogP contribution in [0.4, 0.5) is 10.2 Å². The summed E-state index contributed by atoms with van der Waals surface area (Å²) in [5.41, 5.74) is 4.46. The molecule has 30 heavy (non-hydrogen) atoms. The lowest BCUT2D eigenvalue weighted by atomic mass is 9.99. The summed E-state index contributed by atoms with van der Waals surface area (Å²) in [6.45, 7) is 5.72. The summed E-state index contributed by atoms with van der Waals surface area (Å²) >= 11 is 0. The zero-order valence-corrected chi connectivity index (χ0v) is 16.8. The molecule has 2 aromatic heterocycles. The molecule has 0 saturated carbocycles. The molecule has 0 bridgehead atoms. The number of nitrogens with one attached hydrogen (secondary N) is 2. The molecule has 0 aliphatic carbocycles. The second-order valence-corrected chi connectivity index (χ2v) is 7.83. The number of hydrogen-bond donors (Lipinski definition) is 2. The standard InChI is InChI=1S/C22H21FN6O/c1-13(17-11-15(23)10-14-6-4-5-7-16(14)17)25-19-8-9-29-21(26-19)18(12-24-29)20-27-22(2,3)30-28-20/h4-13H,1-3H3,(H,25,26)(H,27,28)/t13-/m1/s1. The van der Waals surface area contributed by atoms with Gasteiger partial charge in [0.15, 0.2) is 17.2 Å². The molecule has 0 radical (unpaired) electrons. The van der Waals surface area contributed by atoms with Gasteiger partial charge in [-0.15, -0.1) is 0 Å². The molecule has 7 nitrogen and oxygen atoms in total. The number of benzene rings is 2. The summed E-state index contributed by atoms with van der Waals surface area (Å²) in [4.78, 5) is 14.7. The Hall–Kier alpha value is -3.52. The van der Waals surface area contributed by atoms with Crippen LogP contribution in [-0.2, 0) is 4.84 Å². The second kappa shape index (κ2) is 6.77. The first kappa shape index (κ1) is 18.5. The lowest BCUT2D eigenvalue weighted by Crippen LogP contribution is -2.23. The molecule has 0 spiro atoms. The smallest absolute Gasteiger partial charge is 0.182 e. The van der Waals surface area contributed by atoms with E-state index in [2.05, 4.69) is 20.9 Å². The van der Waals surface area contributed by atoms with Crippen molar-refractivity contribution in [1.29, 1.82) is 0 Å². The Morgan fingerprint density at radius 3 is 2.83 bits per heavy atom. The molecule has 2 aromatic carbocycles. The van der Waals surface area contributed by atoms with E-state index in [-0.39, 0.29) is 11.9 Å². The molecule has 1 atom stereocenters. The first-order chi connectivity index (χ1) is 14.4. The van der Waals surface area contributed by atoms with Crippen molar-refractivity contribution in [1.82, 2.24) is 20.1 Å². The highest BCUT2D eigenvalue weighted by atomic mass is 19.1. The van der Waals surface area contributed by atoms with E-state index in [4.69, 9.17) is 9.82 Å². The Bertz CT molecular complexity index is 1300. The summed E-state index contributed by atoms with van der Waals surface area (Å²) in [7, 11) is 0. The summed E-state index contributed by atoms with van der Waals surface area (Å²) in [5.74, 6) is 0.986. The molecule has 5 rings (SSSR count). The van der Waals surface area contributed by atoms with E-state index < -0.39 is 5.72 Å². The number of halogens is 1. The number of aromatic nitrogens is 3. The summed E-state index contributed by atoms with van der Waals surface area (Å²) in [5, 5.41) is 9.60. The molecule has 8 heteroatoms. The number of nitrogens with zero attached hydrogens (tertiary/aromatic N) is 4. The number of hydrogen-bond acceptors (Lipinski definition) is 6. The van der Waals surface area contributed by atoms with Crippen LogP contribution in [0.15, 0.2) is 59.9 Å². The van der Waals surface area contributed by atoms with Gasteiger partial charge in [-0.25, -0.2) is 29.2 Å². The van der Waals surface area contributed by atoms with Crippen molar-refractivity contribution in [2.45, 2.75) is 32.5 Å². The zero-order valence-electron chi connectivity index (χ0n) is 16.8. The molecular formula is C22H21FN6O. The van der Waals surface area contributed by atoms with Crippen LogP contribution in [0.25, 0.3) is 16.4 Å². The fourth-order valence-corrected chi connectivity index (χ4v) is 3.68. The van der Waals surface area contributed by atoms with Crippen molar-refractivity contribution in [3.8, 4) is 0 Å². The molecule has 2 N–H and O–H groups in total. The lowest BCUT2D eigenvalue weighted by molar-refractivity contribution is -0.0269. The number of amidine groups is 1. The minimum absolute atomic E-state index is 0.156. The van der Waals surface area contributed by atoms with Crippen LogP contribution >= 0.6 is 0 Å². The maximum atomic E-state index is 14.2. The van der Waals surface area contributed by atoms with Gasteiger partial charge in [0.2, 0.25) is 0 Å². The van der Waals surface area contributed by atoms with Crippen molar-refractivity contribution in [2.75, 3.05) is 5.32 Å². The second-order valence-electron chi connectivity index (χ2n) is 7.83. The molecule has 3 heterocycles. The Labute approximate surface area is 172 Å². The minimum atomic E-state index is -0.646. The van der Waals surface area contributed by atoms with Gasteiger partial charge in [0.05, 0.1) is 17.8 Å². The number of anilines is 1. The molecule has 152 valence electrons. The molecule has 1 aliphatic rings. The number of hydroxylamine groups is 1. The Morgan fingerprint density at radius 2 is 2.03 bits per heavy atom. The monoisotopic (exact) mass is 404 g/mol. The van der Waals surface area contributed by atoms with Gasteiger partial charge in [-0.2, -0.15) is 5.10 Å². The van der Waals surface area contributed by atoms with Crippen molar-refractivity contribution < 1.29 is 9.23 Å². The molecule has 0 saturated heterocycles. The number of fused-ring (bicyclic) bond motifs is 2. The van der Waals surface area contributed by atoms with Crippen LogP contribution in [0.1, 0.15) is 37.9 Å². The predicted octanol–water partition coefficient (Wildman–Crippen LogP) is 4.21. The first-order valence-electron chi connectivity index (χ1n) is 9.73. The van der Waals surface area contributed by atoms with Gasteiger partial charge in [0.1, 0.15) is 11.6 Å². The van der Waals surface area contributed by atoms with Crippen LogP contribution in [0, 0.1) is 5.82 Å². The quantitative estimate of drug-likeness (QED) is 0.533. The summed E-state index contributed by atoms with van der Waals surface area (Å²) in [6.07, 6.45) is 3.53. The van der Waals surface area contributed by atoms with Crippen molar-refractivity contribution in [3.63, 3.8) is 0 Å². The Balaban J connectivity index is 1.50. The van der Waals surface area contributed by atoms with E-state index in [0.29, 0.717) is 17.3 Å². The topological polar surface area (TPSA) is 75.8 Å². The molecule has 0 amide bonds. The van der Waals surface area contributed by atoms with E-state index in [1.807, 2.05) is 57.3 Å². The summed E-state index contributed by atoms with van der Waals surface area (Å²) in [6, 6.07) is 12.6. The third kappa shape index (κ3) is 3.25. The first-order valence-corrected chi connectivity index (χ1v) is 9.73. The minimum Gasteiger partial charge on any atom is -0.363 e. The SMILES string of the molecule is C[C@@H](Nc1ccn2ncc(C3=NC(C)(C)ON3)c2n1)c1cc(F)cc2ccccc12. The molecule has 4 aromatic rings. The van der Waals surface area contributed by atoms with Crippen LogP contribution in [0.2, 0.25) is 0 Å². The van der Waals surface area contributed by atoms with Gasteiger partial charge in [-0.05, 0) is 55.3 Å². The molecule has 0 unspecified atom stereocenters. The van der Waals surface area contributed by atoms with Gasteiger partial charge in [0.25, 0.3) is 0 Å². The highest BCUT2D eigenvalue weighted by molar-refractivity contribution is 6.03. The predicted molar refractivity (Wildman–Crippen MR) is 114 cm³/mol. The fourth-order valence-electron chi connectivity index (χ4n) is 3.68. The maximum absolute atomic E-state index is 14.2. The third-order valence-corrected chi connectivity index (χ3v) is 5.09. The van der Waals surface area contributed by atoms with Gasteiger partial charge in [-0.3, -0.25) is 0 Å². The number of rotatable bonds is 4. The molecule has 1 aliphatic heterocycles. The lowest BCUT2D eigenvalue weighted by Gasteiger charge is -2.17. The number of aliphatic imine (C=N–C) groups is 1. The van der Waals surface area contributed by atoms with E-state index >= 15 is 0 Å². The normalized spacial score (nSPS) is 16.5. The van der Waals surface area contributed by atoms with Crippen molar-refractivity contribution in [2.24, 2.45) is 4.99 Å². The van der Waals surface area contributed by atoms with Gasteiger partial charge in [-0.1, -0.05) is 24.3 Å². The zero-order chi connectivity index (χ0) is 20.9. The van der Waals surface area contributed by atoms with Crippen LogP contribution in [0.3, 0.4) is 0 Å². The highest BCUT2D eigenvalue weighted by Crippen LogP contribution is 2.28. The molecule has 0 fully saturated rings. The average molecular weight is 404 g/mol. The maximum Gasteiger partial charge on any atom is 0.182 e. The van der Waals surface area contributed by atoms with E-state index in [1.54, 1.807) is 22.8 Å². The molecular weight excluding hydrogens is 383 g/mol. The fraction of sp³-hybridized carbons (Fsp3) is 0.227. The van der Waals surface area contributed by atoms with E-state index in [1.165, 1.54) is 0 Å². The van der Waals surface area contributed by atoms with E-state index in [0.717, 1.165) is 21.9 Å². The van der Waals surface area contributed by atoms with Crippen LogP contribution in [0.5, 0.6) is 0 Å². The van der Waals surface area contributed by atoms with Crippen LogP contribution < -0.4 is 10.8 Å². The van der Waals surface area contributed by atoms with Crippen LogP contribution in [-0.4, -0.2) is 26.2 Å². The van der Waals surface area contributed by atoms with Crippen molar-refractivity contribution in [3.05, 3.63) is 71.8 Å². The highest BCUT2D eigenvalue weighted by Gasteiger charge is 2.28. The van der Waals surface area contributed by atoms with Gasteiger partial charge < -0.3 is 5.32 Å². The largest absolute Gasteiger partial charge is 0.363 e. The summed E-state index contributed by atoms with van der Waals surface area (Å²) < 4.78 is 15.8. The Morgan fingerprint density at radius 1 is 1.20 bits per heavy atom. The van der Waals surface area contributed by atoms with E-state index in [9.17, 15) is 4.39 Å². The van der Waals surface area contributed by atoms with Gasteiger partial charge in [0, 0.05) is 6.20 Å².